The Morgan fingerprint density at radius 3 is 2.73 bits per heavy atom. The van der Waals surface area contributed by atoms with Crippen LogP contribution in [-0.4, -0.2) is 11.7 Å². The van der Waals surface area contributed by atoms with Gasteiger partial charge in [-0.3, -0.25) is 0 Å². The van der Waals surface area contributed by atoms with Gasteiger partial charge in [-0.15, -0.1) is 12.4 Å². The van der Waals surface area contributed by atoms with Crippen molar-refractivity contribution in [2.45, 2.75) is 25.3 Å². The second-order valence-corrected chi connectivity index (χ2v) is 4.57. The van der Waals surface area contributed by atoms with Gasteiger partial charge in [-0.05, 0) is 53.0 Å². The highest BCUT2D eigenvalue weighted by atomic mass is 79.9. The molecule has 1 aliphatic heterocycles. The van der Waals surface area contributed by atoms with Gasteiger partial charge in [0.2, 0.25) is 0 Å². The number of aromatic hydroxyl groups is 1. The van der Waals surface area contributed by atoms with E-state index in [2.05, 4.69) is 21.2 Å². The molecule has 2 rings (SSSR count). The summed E-state index contributed by atoms with van der Waals surface area (Å²) < 4.78 is 0.780. The zero-order valence-electron chi connectivity index (χ0n) is 8.37. The number of benzene rings is 1. The lowest BCUT2D eigenvalue weighted by Crippen LogP contribution is -2.26. The summed E-state index contributed by atoms with van der Waals surface area (Å²) in [5, 5.41) is 12.9. The maximum atomic E-state index is 9.37. The van der Waals surface area contributed by atoms with Crippen LogP contribution in [0.2, 0.25) is 0 Å². The highest BCUT2D eigenvalue weighted by molar-refractivity contribution is 9.10. The standard InChI is InChI=1S/C11H14BrNO.ClH/c12-9-7-8(4-5-11(9)14)10-3-1-2-6-13-10;/h4-5,7,10,13-14H,1-3,6H2;1H/t10-;/m0./s1. The summed E-state index contributed by atoms with van der Waals surface area (Å²) >= 11 is 3.33. The Kier molecular flexibility index (Phi) is 4.90. The van der Waals surface area contributed by atoms with Crippen LogP contribution in [0.3, 0.4) is 0 Å². The van der Waals surface area contributed by atoms with Crippen LogP contribution in [0.5, 0.6) is 5.75 Å². The van der Waals surface area contributed by atoms with E-state index in [4.69, 9.17) is 0 Å². The van der Waals surface area contributed by atoms with Crippen LogP contribution >= 0.6 is 28.3 Å². The SMILES string of the molecule is Cl.Oc1ccc([C@@H]2CCCCN2)cc1Br. The van der Waals surface area contributed by atoms with E-state index in [-0.39, 0.29) is 12.4 Å². The smallest absolute Gasteiger partial charge is 0.129 e. The van der Waals surface area contributed by atoms with E-state index in [0.29, 0.717) is 11.8 Å². The topological polar surface area (TPSA) is 32.3 Å². The van der Waals surface area contributed by atoms with Gasteiger partial charge < -0.3 is 10.4 Å². The van der Waals surface area contributed by atoms with Gasteiger partial charge in [0.1, 0.15) is 5.75 Å². The first kappa shape index (κ1) is 12.8. The molecule has 0 radical (unpaired) electrons. The number of rotatable bonds is 1. The minimum atomic E-state index is 0. The Labute approximate surface area is 105 Å². The predicted molar refractivity (Wildman–Crippen MR) is 67.6 cm³/mol. The minimum absolute atomic E-state index is 0. The lowest BCUT2D eigenvalue weighted by Gasteiger charge is -2.24. The van der Waals surface area contributed by atoms with E-state index in [1.165, 1.54) is 24.8 Å². The summed E-state index contributed by atoms with van der Waals surface area (Å²) in [4.78, 5) is 0. The third-order valence-corrected chi connectivity index (χ3v) is 3.32. The molecule has 1 aromatic rings. The van der Waals surface area contributed by atoms with Crippen molar-refractivity contribution in [2.75, 3.05) is 6.54 Å². The van der Waals surface area contributed by atoms with E-state index in [1.807, 2.05) is 12.1 Å². The Hall–Kier alpha value is -0.250. The van der Waals surface area contributed by atoms with Crippen molar-refractivity contribution in [1.82, 2.24) is 5.32 Å². The van der Waals surface area contributed by atoms with Crippen LogP contribution in [-0.2, 0) is 0 Å². The van der Waals surface area contributed by atoms with Crippen molar-refractivity contribution >= 4 is 28.3 Å². The number of phenols is 1. The van der Waals surface area contributed by atoms with Crippen molar-refractivity contribution in [2.24, 2.45) is 0 Å². The molecule has 15 heavy (non-hydrogen) atoms. The van der Waals surface area contributed by atoms with E-state index >= 15 is 0 Å². The number of hydrogen-bond acceptors (Lipinski definition) is 2. The van der Waals surface area contributed by atoms with Crippen molar-refractivity contribution in [3.05, 3.63) is 28.2 Å². The van der Waals surface area contributed by atoms with Crippen LogP contribution in [0.15, 0.2) is 22.7 Å². The molecular formula is C11H15BrClNO. The first-order valence-electron chi connectivity index (χ1n) is 4.99. The summed E-state index contributed by atoms with van der Waals surface area (Å²) in [6.07, 6.45) is 3.75. The fourth-order valence-corrected chi connectivity index (χ4v) is 2.27. The first-order chi connectivity index (χ1) is 6.77. The van der Waals surface area contributed by atoms with E-state index in [9.17, 15) is 5.11 Å². The molecule has 1 saturated heterocycles. The van der Waals surface area contributed by atoms with Crippen LogP contribution in [0, 0.1) is 0 Å². The highest BCUT2D eigenvalue weighted by Crippen LogP contribution is 2.29. The zero-order chi connectivity index (χ0) is 9.97. The lowest BCUT2D eigenvalue weighted by atomic mass is 9.98. The average Bonchev–Trinajstić information content (AvgIpc) is 2.23. The molecule has 1 aromatic carbocycles. The Morgan fingerprint density at radius 2 is 2.13 bits per heavy atom. The minimum Gasteiger partial charge on any atom is -0.507 e. The van der Waals surface area contributed by atoms with E-state index in [0.717, 1.165) is 11.0 Å². The number of phenolic OH excluding ortho intramolecular Hbond substituents is 1. The van der Waals surface area contributed by atoms with Crippen molar-refractivity contribution in [3.63, 3.8) is 0 Å². The summed E-state index contributed by atoms with van der Waals surface area (Å²) in [5.74, 6) is 0.310. The fraction of sp³-hybridized carbons (Fsp3) is 0.455. The number of halogens is 2. The monoisotopic (exact) mass is 291 g/mol. The maximum absolute atomic E-state index is 9.37. The Bertz CT molecular complexity index is 326. The molecule has 1 heterocycles. The second kappa shape index (κ2) is 5.73. The molecule has 0 aromatic heterocycles. The highest BCUT2D eigenvalue weighted by Gasteiger charge is 2.15. The van der Waals surface area contributed by atoms with Crippen molar-refractivity contribution in [1.29, 1.82) is 0 Å². The molecule has 1 atom stereocenters. The molecule has 0 saturated carbocycles. The molecular weight excluding hydrogens is 277 g/mol. The quantitative estimate of drug-likeness (QED) is 0.831. The molecule has 1 aliphatic rings. The average molecular weight is 293 g/mol. The second-order valence-electron chi connectivity index (χ2n) is 3.71. The van der Waals surface area contributed by atoms with Gasteiger partial charge >= 0.3 is 0 Å². The van der Waals surface area contributed by atoms with Crippen molar-refractivity contribution < 1.29 is 5.11 Å². The van der Waals surface area contributed by atoms with Crippen LogP contribution < -0.4 is 5.32 Å². The van der Waals surface area contributed by atoms with Gasteiger partial charge in [0, 0.05) is 6.04 Å². The summed E-state index contributed by atoms with van der Waals surface area (Å²) in [7, 11) is 0. The van der Waals surface area contributed by atoms with E-state index in [1.54, 1.807) is 6.07 Å². The zero-order valence-corrected chi connectivity index (χ0v) is 10.8. The van der Waals surface area contributed by atoms with Gasteiger partial charge in [-0.25, -0.2) is 0 Å². The number of hydrogen-bond donors (Lipinski definition) is 2. The molecule has 0 bridgehead atoms. The molecule has 1 fully saturated rings. The molecule has 84 valence electrons. The molecule has 0 spiro atoms. The number of piperidine rings is 1. The van der Waals surface area contributed by atoms with Crippen LogP contribution in [0.4, 0.5) is 0 Å². The summed E-state index contributed by atoms with van der Waals surface area (Å²) in [6.45, 7) is 1.10. The molecule has 4 heteroatoms. The first-order valence-corrected chi connectivity index (χ1v) is 5.78. The van der Waals surface area contributed by atoms with Gasteiger partial charge in [-0.2, -0.15) is 0 Å². The lowest BCUT2D eigenvalue weighted by molar-refractivity contribution is 0.411. The fourth-order valence-electron chi connectivity index (χ4n) is 1.88. The maximum Gasteiger partial charge on any atom is 0.129 e. The van der Waals surface area contributed by atoms with Crippen LogP contribution in [0.1, 0.15) is 30.9 Å². The predicted octanol–water partition coefficient (Wildman–Crippen LogP) is 3.39. The summed E-state index contributed by atoms with van der Waals surface area (Å²) in [5.41, 5.74) is 1.26. The van der Waals surface area contributed by atoms with Gasteiger partial charge in [0.25, 0.3) is 0 Å². The molecule has 0 unspecified atom stereocenters. The molecule has 0 aliphatic carbocycles. The largest absolute Gasteiger partial charge is 0.507 e. The number of nitrogens with one attached hydrogen (secondary N) is 1. The third-order valence-electron chi connectivity index (χ3n) is 2.68. The third kappa shape index (κ3) is 3.10. The van der Waals surface area contributed by atoms with Gasteiger partial charge in [-0.1, -0.05) is 12.5 Å². The van der Waals surface area contributed by atoms with Gasteiger partial charge in [0.05, 0.1) is 4.47 Å². The van der Waals surface area contributed by atoms with Crippen molar-refractivity contribution in [3.8, 4) is 5.75 Å². The Balaban J connectivity index is 0.00000112. The summed E-state index contributed by atoms with van der Waals surface area (Å²) in [6, 6.07) is 6.19. The van der Waals surface area contributed by atoms with Crippen LogP contribution in [0.25, 0.3) is 0 Å². The molecule has 0 amide bonds. The molecule has 2 nitrogen and oxygen atoms in total. The van der Waals surface area contributed by atoms with E-state index < -0.39 is 0 Å². The normalized spacial score (nSPS) is 20.7. The Morgan fingerprint density at radius 1 is 1.33 bits per heavy atom. The molecule has 2 N–H and O–H groups in total. The van der Waals surface area contributed by atoms with Gasteiger partial charge in [0.15, 0.2) is 0 Å².